The van der Waals surface area contributed by atoms with E-state index in [0.717, 1.165) is 6.54 Å². The molecule has 0 aromatic carbocycles. The van der Waals surface area contributed by atoms with Gasteiger partial charge in [0.25, 0.3) is 0 Å². The van der Waals surface area contributed by atoms with Gasteiger partial charge in [0.2, 0.25) is 0 Å². The Balaban J connectivity index is 2.82. The molecule has 82 valence electrons. The zero-order chi connectivity index (χ0) is 10.9. The molecule has 4 nitrogen and oxygen atoms in total. The van der Waals surface area contributed by atoms with Crippen LogP contribution in [-0.4, -0.2) is 46.8 Å². The molecule has 2 unspecified atom stereocenters. The Kier molecular flexibility index (Phi) is 3.17. The van der Waals surface area contributed by atoms with Crippen LogP contribution in [0.4, 0.5) is 0 Å². The number of carbonyl (C=O) groups is 1. The Morgan fingerprint density at radius 2 is 2.07 bits per heavy atom. The van der Waals surface area contributed by atoms with Crippen LogP contribution in [0.5, 0.6) is 0 Å². The van der Waals surface area contributed by atoms with E-state index in [2.05, 4.69) is 0 Å². The Hall–Kier alpha value is -0.610. The van der Waals surface area contributed by atoms with E-state index in [0.29, 0.717) is 13.0 Å². The molecular formula is C10H19NO3. The van der Waals surface area contributed by atoms with Crippen molar-refractivity contribution in [2.75, 3.05) is 20.1 Å². The third-order valence-electron chi connectivity index (χ3n) is 2.98. The number of aliphatic hydroxyl groups is 1. The lowest BCUT2D eigenvalue weighted by molar-refractivity contribution is -0.154. The molecule has 1 saturated heterocycles. The van der Waals surface area contributed by atoms with Gasteiger partial charge in [-0.2, -0.15) is 0 Å². The van der Waals surface area contributed by atoms with Crippen LogP contribution in [0.3, 0.4) is 0 Å². The molecule has 1 aliphatic rings. The minimum Gasteiger partial charge on any atom is -0.481 e. The summed E-state index contributed by atoms with van der Waals surface area (Å²) in [4.78, 5) is 13.0. The van der Waals surface area contributed by atoms with E-state index in [-0.39, 0.29) is 5.92 Å². The van der Waals surface area contributed by atoms with Crippen LogP contribution in [0.25, 0.3) is 0 Å². The third kappa shape index (κ3) is 2.07. The first-order valence-corrected chi connectivity index (χ1v) is 5.00. The number of nitrogens with zero attached hydrogens (tertiary/aromatic N) is 1. The van der Waals surface area contributed by atoms with Gasteiger partial charge in [-0.3, -0.25) is 4.79 Å². The summed E-state index contributed by atoms with van der Waals surface area (Å²) >= 11 is 0. The smallest absolute Gasteiger partial charge is 0.309 e. The Bertz CT molecular complexity index is 229. The van der Waals surface area contributed by atoms with Gasteiger partial charge in [-0.25, -0.2) is 0 Å². The lowest BCUT2D eigenvalue weighted by atomic mass is 9.79. The SMILES string of the molecule is CC(C)C(C(=O)O)C1(O)CCN(C)C1. The molecule has 0 aromatic heterocycles. The van der Waals surface area contributed by atoms with Crippen LogP contribution in [0.1, 0.15) is 20.3 Å². The monoisotopic (exact) mass is 201 g/mol. The molecule has 1 fully saturated rings. The van der Waals surface area contributed by atoms with Gasteiger partial charge in [0, 0.05) is 13.1 Å². The summed E-state index contributed by atoms with van der Waals surface area (Å²) in [6.07, 6.45) is 0.554. The summed E-state index contributed by atoms with van der Waals surface area (Å²) in [5, 5.41) is 19.3. The number of likely N-dealkylation sites (N-methyl/N-ethyl adjacent to an activating group) is 1. The fraction of sp³-hybridized carbons (Fsp3) is 0.900. The van der Waals surface area contributed by atoms with E-state index in [1.807, 2.05) is 25.8 Å². The highest BCUT2D eigenvalue weighted by atomic mass is 16.4. The average Bonchev–Trinajstić information content (AvgIpc) is 2.28. The van der Waals surface area contributed by atoms with Crippen LogP contribution in [0.2, 0.25) is 0 Å². The van der Waals surface area contributed by atoms with Gasteiger partial charge in [-0.1, -0.05) is 13.8 Å². The molecule has 2 atom stereocenters. The molecule has 0 aromatic rings. The maximum atomic E-state index is 11.1. The normalized spacial score (nSPS) is 30.9. The zero-order valence-corrected chi connectivity index (χ0v) is 9.03. The first-order valence-electron chi connectivity index (χ1n) is 5.00. The summed E-state index contributed by atoms with van der Waals surface area (Å²) in [5.41, 5.74) is -1.05. The van der Waals surface area contributed by atoms with Gasteiger partial charge in [-0.15, -0.1) is 0 Å². The largest absolute Gasteiger partial charge is 0.481 e. The Morgan fingerprint density at radius 1 is 1.50 bits per heavy atom. The van der Waals surface area contributed by atoms with Crippen molar-refractivity contribution in [3.63, 3.8) is 0 Å². The first-order chi connectivity index (χ1) is 6.37. The molecule has 0 aliphatic carbocycles. The molecule has 0 spiro atoms. The van der Waals surface area contributed by atoms with Crippen molar-refractivity contribution in [2.45, 2.75) is 25.9 Å². The zero-order valence-electron chi connectivity index (χ0n) is 9.03. The molecule has 0 saturated carbocycles. The topological polar surface area (TPSA) is 60.8 Å². The standard InChI is InChI=1S/C10H19NO3/c1-7(2)8(9(12)13)10(14)4-5-11(3)6-10/h7-8,14H,4-6H2,1-3H3,(H,12,13). The lowest BCUT2D eigenvalue weighted by Crippen LogP contribution is -2.46. The molecule has 1 heterocycles. The Morgan fingerprint density at radius 3 is 2.36 bits per heavy atom. The van der Waals surface area contributed by atoms with E-state index >= 15 is 0 Å². The fourth-order valence-electron chi connectivity index (χ4n) is 2.40. The lowest BCUT2D eigenvalue weighted by Gasteiger charge is -2.32. The molecule has 2 N–H and O–H groups in total. The minimum absolute atomic E-state index is 0.0380. The second kappa shape index (κ2) is 3.87. The predicted molar refractivity (Wildman–Crippen MR) is 53.0 cm³/mol. The highest BCUT2D eigenvalue weighted by Crippen LogP contribution is 2.33. The van der Waals surface area contributed by atoms with Gasteiger partial charge in [-0.05, 0) is 19.4 Å². The van der Waals surface area contributed by atoms with Crippen molar-refractivity contribution < 1.29 is 15.0 Å². The molecule has 1 rings (SSSR count). The van der Waals surface area contributed by atoms with E-state index in [9.17, 15) is 9.90 Å². The third-order valence-corrected chi connectivity index (χ3v) is 2.98. The van der Waals surface area contributed by atoms with E-state index in [1.54, 1.807) is 0 Å². The van der Waals surface area contributed by atoms with Gasteiger partial charge in [0.1, 0.15) is 0 Å². The van der Waals surface area contributed by atoms with Gasteiger partial charge >= 0.3 is 5.97 Å². The number of carboxylic acid groups (broad SMARTS) is 1. The molecule has 14 heavy (non-hydrogen) atoms. The highest BCUT2D eigenvalue weighted by Gasteiger charge is 2.46. The number of aliphatic carboxylic acids is 1. The van der Waals surface area contributed by atoms with Gasteiger partial charge in [0.15, 0.2) is 0 Å². The summed E-state index contributed by atoms with van der Waals surface area (Å²) < 4.78 is 0. The summed E-state index contributed by atoms with van der Waals surface area (Å²) in [7, 11) is 1.90. The molecule has 4 heteroatoms. The Labute approximate surface area is 84.5 Å². The predicted octanol–water partition coefficient (Wildman–Crippen LogP) is 0.410. The van der Waals surface area contributed by atoms with E-state index in [1.165, 1.54) is 0 Å². The van der Waals surface area contributed by atoms with Gasteiger partial charge in [0.05, 0.1) is 11.5 Å². The van der Waals surface area contributed by atoms with Crippen LogP contribution in [-0.2, 0) is 4.79 Å². The number of carboxylic acids is 1. The van der Waals surface area contributed by atoms with Gasteiger partial charge < -0.3 is 15.1 Å². The van der Waals surface area contributed by atoms with E-state index in [4.69, 9.17) is 5.11 Å². The van der Waals surface area contributed by atoms with Crippen LogP contribution >= 0.6 is 0 Å². The number of likely N-dealkylation sites (tertiary alicyclic amines) is 1. The van der Waals surface area contributed by atoms with Crippen molar-refractivity contribution in [1.82, 2.24) is 4.90 Å². The van der Waals surface area contributed by atoms with Crippen molar-refractivity contribution in [3.05, 3.63) is 0 Å². The fourth-order valence-corrected chi connectivity index (χ4v) is 2.40. The van der Waals surface area contributed by atoms with Crippen molar-refractivity contribution in [1.29, 1.82) is 0 Å². The number of rotatable bonds is 3. The van der Waals surface area contributed by atoms with Crippen molar-refractivity contribution in [3.8, 4) is 0 Å². The molecule has 0 amide bonds. The second-order valence-corrected chi connectivity index (χ2v) is 4.65. The molecule has 1 aliphatic heterocycles. The quantitative estimate of drug-likeness (QED) is 0.694. The van der Waals surface area contributed by atoms with Crippen molar-refractivity contribution in [2.24, 2.45) is 11.8 Å². The highest BCUT2D eigenvalue weighted by molar-refractivity contribution is 5.72. The first kappa shape index (κ1) is 11.5. The summed E-state index contributed by atoms with van der Waals surface area (Å²) in [6.45, 7) is 4.92. The minimum atomic E-state index is -1.05. The van der Waals surface area contributed by atoms with E-state index < -0.39 is 17.5 Å². The second-order valence-electron chi connectivity index (χ2n) is 4.65. The van der Waals surface area contributed by atoms with Crippen molar-refractivity contribution >= 4 is 5.97 Å². The van der Waals surface area contributed by atoms with Crippen LogP contribution in [0.15, 0.2) is 0 Å². The van der Waals surface area contributed by atoms with Crippen LogP contribution in [0, 0.1) is 11.8 Å². The maximum Gasteiger partial charge on any atom is 0.309 e. The average molecular weight is 201 g/mol. The molecule has 0 bridgehead atoms. The number of β-amino-alcohol motifs (C(OH)–C–C–N with tert-alkyl or cyclic N) is 1. The summed E-state index contributed by atoms with van der Waals surface area (Å²) in [5.74, 6) is -1.59. The molecule has 0 radical (unpaired) electrons. The maximum absolute atomic E-state index is 11.1. The number of hydrogen-bond donors (Lipinski definition) is 2. The number of hydrogen-bond acceptors (Lipinski definition) is 3. The van der Waals surface area contributed by atoms with Crippen LogP contribution < -0.4 is 0 Å². The summed E-state index contributed by atoms with van der Waals surface area (Å²) in [6, 6.07) is 0. The molecular weight excluding hydrogens is 182 g/mol.